The van der Waals surface area contributed by atoms with E-state index in [0.29, 0.717) is 19.6 Å². The quantitative estimate of drug-likeness (QED) is 0.895. The molecule has 3 rings (SSSR count). The smallest absolute Gasteiger partial charge is 0.279 e. The highest BCUT2D eigenvalue weighted by Crippen LogP contribution is 2.20. The molecule has 116 valence electrons. The van der Waals surface area contributed by atoms with Gasteiger partial charge in [-0.15, -0.1) is 0 Å². The molecular formula is C15H22N2O3S. The van der Waals surface area contributed by atoms with E-state index in [4.69, 9.17) is 4.74 Å². The summed E-state index contributed by atoms with van der Waals surface area (Å²) in [6.07, 6.45) is 3.88. The average molecular weight is 310 g/mol. The van der Waals surface area contributed by atoms with Gasteiger partial charge in [-0.3, -0.25) is 0 Å². The summed E-state index contributed by atoms with van der Waals surface area (Å²) in [5.41, 5.74) is 2.36. The zero-order valence-corrected chi connectivity index (χ0v) is 12.9. The zero-order chi connectivity index (χ0) is 14.7. The van der Waals surface area contributed by atoms with Gasteiger partial charge in [-0.2, -0.15) is 12.7 Å². The van der Waals surface area contributed by atoms with Crippen molar-refractivity contribution < 1.29 is 13.2 Å². The van der Waals surface area contributed by atoms with Gasteiger partial charge in [0.2, 0.25) is 0 Å². The van der Waals surface area contributed by atoms with E-state index in [1.54, 1.807) is 0 Å². The van der Waals surface area contributed by atoms with Crippen molar-refractivity contribution in [2.75, 3.05) is 19.7 Å². The van der Waals surface area contributed by atoms with Crippen molar-refractivity contribution in [3.8, 4) is 0 Å². The number of hydrogen-bond donors (Lipinski definition) is 1. The summed E-state index contributed by atoms with van der Waals surface area (Å²) >= 11 is 0. The second-order valence-electron chi connectivity index (χ2n) is 5.68. The van der Waals surface area contributed by atoms with Crippen LogP contribution in [0.5, 0.6) is 0 Å². The van der Waals surface area contributed by atoms with Crippen molar-refractivity contribution in [3.63, 3.8) is 0 Å². The van der Waals surface area contributed by atoms with Gasteiger partial charge in [0.1, 0.15) is 0 Å². The molecule has 21 heavy (non-hydrogen) atoms. The van der Waals surface area contributed by atoms with Crippen LogP contribution in [0.4, 0.5) is 0 Å². The van der Waals surface area contributed by atoms with E-state index in [2.05, 4.69) is 10.8 Å². The number of rotatable bonds is 5. The summed E-state index contributed by atoms with van der Waals surface area (Å²) in [5, 5.41) is 0. The third-order valence-electron chi connectivity index (χ3n) is 4.21. The fourth-order valence-corrected chi connectivity index (χ4v) is 4.19. The summed E-state index contributed by atoms with van der Waals surface area (Å²) in [4.78, 5) is 0. The molecule has 2 aliphatic rings. The van der Waals surface area contributed by atoms with Crippen LogP contribution in [0.3, 0.4) is 0 Å². The topological polar surface area (TPSA) is 58.6 Å². The van der Waals surface area contributed by atoms with Gasteiger partial charge in [0.15, 0.2) is 0 Å². The SMILES string of the molecule is O=S(=O)(NCC[C@@H]1CCCO1)N1CCc2ccccc2C1. The number of nitrogens with one attached hydrogen (secondary N) is 1. The van der Waals surface area contributed by atoms with Gasteiger partial charge in [-0.25, -0.2) is 4.72 Å². The first-order valence-electron chi connectivity index (χ1n) is 7.58. The largest absolute Gasteiger partial charge is 0.378 e. The van der Waals surface area contributed by atoms with E-state index in [1.807, 2.05) is 18.2 Å². The minimum Gasteiger partial charge on any atom is -0.378 e. The van der Waals surface area contributed by atoms with Gasteiger partial charge in [-0.05, 0) is 36.8 Å². The molecule has 6 heteroatoms. The van der Waals surface area contributed by atoms with Crippen LogP contribution in [-0.2, 0) is 27.9 Å². The molecule has 1 aromatic rings. The van der Waals surface area contributed by atoms with Gasteiger partial charge >= 0.3 is 0 Å². The lowest BCUT2D eigenvalue weighted by Gasteiger charge is -2.28. The van der Waals surface area contributed by atoms with Crippen LogP contribution >= 0.6 is 0 Å². The highest BCUT2D eigenvalue weighted by Gasteiger charge is 2.26. The van der Waals surface area contributed by atoms with E-state index in [9.17, 15) is 8.42 Å². The first-order chi connectivity index (χ1) is 10.1. The lowest BCUT2D eigenvalue weighted by molar-refractivity contribution is 0.105. The second-order valence-corrected chi connectivity index (χ2v) is 7.43. The van der Waals surface area contributed by atoms with E-state index < -0.39 is 10.2 Å². The minimum atomic E-state index is -3.39. The van der Waals surface area contributed by atoms with Crippen LogP contribution < -0.4 is 4.72 Å². The van der Waals surface area contributed by atoms with Gasteiger partial charge in [0.25, 0.3) is 10.2 Å². The van der Waals surface area contributed by atoms with E-state index in [0.717, 1.165) is 37.9 Å². The van der Waals surface area contributed by atoms with Crippen molar-refractivity contribution in [1.82, 2.24) is 9.03 Å². The Morgan fingerprint density at radius 1 is 1.29 bits per heavy atom. The Morgan fingerprint density at radius 2 is 2.10 bits per heavy atom. The fraction of sp³-hybridized carbons (Fsp3) is 0.600. The molecule has 1 atom stereocenters. The van der Waals surface area contributed by atoms with Crippen molar-refractivity contribution >= 4 is 10.2 Å². The standard InChI is InChI=1S/C15H22N2O3S/c18-21(19,16-9-7-15-6-3-11-20-15)17-10-8-13-4-1-2-5-14(13)12-17/h1-2,4-5,15-16H,3,6-12H2/t15-/m0/s1. The molecule has 1 fully saturated rings. The Labute approximate surface area is 126 Å². The number of hydrogen-bond acceptors (Lipinski definition) is 3. The maximum atomic E-state index is 12.3. The predicted molar refractivity (Wildman–Crippen MR) is 81.1 cm³/mol. The van der Waals surface area contributed by atoms with Crippen LogP contribution in [0.1, 0.15) is 30.4 Å². The normalized spacial score (nSPS) is 23.1. The molecule has 0 radical (unpaired) electrons. The minimum absolute atomic E-state index is 0.217. The molecule has 0 aromatic heterocycles. The fourth-order valence-electron chi connectivity index (χ4n) is 2.99. The molecule has 5 nitrogen and oxygen atoms in total. The Kier molecular flexibility index (Phi) is 4.59. The van der Waals surface area contributed by atoms with Gasteiger partial charge in [0, 0.05) is 26.2 Å². The lowest BCUT2D eigenvalue weighted by Crippen LogP contribution is -2.44. The molecule has 2 heterocycles. The van der Waals surface area contributed by atoms with Crippen LogP contribution in [0.2, 0.25) is 0 Å². The molecule has 0 amide bonds. The lowest BCUT2D eigenvalue weighted by atomic mass is 10.0. The summed E-state index contributed by atoms with van der Waals surface area (Å²) < 4.78 is 34.4. The molecular weight excluding hydrogens is 288 g/mol. The highest BCUT2D eigenvalue weighted by atomic mass is 32.2. The van der Waals surface area contributed by atoms with Gasteiger partial charge in [0.05, 0.1) is 6.10 Å². The maximum absolute atomic E-state index is 12.3. The number of nitrogens with zero attached hydrogens (tertiary/aromatic N) is 1. The molecule has 1 saturated heterocycles. The number of ether oxygens (including phenoxy) is 1. The third-order valence-corrected chi connectivity index (χ3v) is 5.77. The Hall–Kier alpha value is -0.950. The van der Waals surface area contributed by atoms with Crippen molar-refractivity contribution in [1.29, 1.82) is 0 Å². The number of fused-ring (bicyclic) bond motifs is 1. The zero-order valence-electron chi connectivity index (χ0n) is 12.1. The summed E-state index contributed by atoms with van der Waals surface area (Å²) in [6.45, 7) is 2.27. The van der Waals surface area contributed by atoms with E-state index in [1.165, 1.54) is 9.87 Å². The van der Waals surface area contributed by atoms with Crippen LogP contribution in [0.15, 0.2) is 24.3 Å². The van der Waals surface area contributed by atoms with Crippen molar-refractivity contribution in [3.05, 3.63) is 35.4 Å². The maximum Gasteiger partial charge on any atom is 0.279 e. The first kappa shape index (κ1) is 15.0. The summed E-state index contributed by atoms with van der Waals surface area (Å²) in [6, 6.07) is 8.04. The van der Waals surface area contributed by atoms with Crippen molar-refractivity contribution in [2.45, 2.75) is 38.3 Å². The highest BCUT2D eigenvalue weighted by molar-refractivity contribution is 7.87. The molecule has 0 bridgehead atoms. The molecule has 1 aromatic carbocycles. The molecule has 1 N–H and O–H groups in total. The van der Waals surface area contributed by atoms with E-state index >= 15 is 0 Å². The van der Waals surface area contributed by atoms with Gasteiger partial charge in [-0.1, -0.05) is 24.3 Å². The Balaban J connectivity index is 1.55. The predicted octanol–water partition coefficient (Wildman–Crippen LogP) is 1.45. The monoisotopic (exact) mass is 310 g/mol. The molecule has 0 aliphatic carbocycles. The molecule has 0 saturated carbocycles. The third kappa shape index (κ3) is 3.63. The summed E-state index contributed by atoms with van der Waals surface area (Å²) in [5.74, 6) is 0. The van der Waals surface area contributed by atoms with Crippen LogP contribution in [0.25, 0.3) is 0 Å². The van der Waals surface area contributed by atoms with Crippen LogP contribution in [-0.4, -0.2) is 38.5 Å². The summed E-state index contributed by atoms with van der Waals surface area (Å²) in [7, 11) is -3.39. The Morgan fingerprint density at radius 3 is 2.86 bits per heavy atom. The molecule has 0 unspecified atom stereocenters. The molecule has 2 aliphatic heterocycles. The second kappa shape index (κ2) is 6.44. The van der Waals surface area contributed by atoms with E-state index in [-0.39, 0.29) is 6.10 Å². The van der Waals surface area contributed by atoms with Crippen LogP contribution in [0, 0.1) is 0 Å². The Bertz CT molecular complexity index is 582. The number of benzene rings is 1. The molecule has 0 spiro atoms. The van der Waals surface area contributed by atoms with Crippen molar-refractivity contribution in [2.24, 2.45) is 0 Å². The average Bonchev–Trinajstić information content (AvgIpc) is 3.00. The van der Waals surface area contributed by atoms with Gasteiger partial charge < -0.3 is 4.74 Å². The first-order valence-corrected chi connectivity index (χ1v) is 9.02.